The minimum Gasteiger partial charge on any atom is -0.455 e. The highest BCUT2D eigenvalue weighted by atomic mass is 16.3. The molecule has 3 nitrogen and oxygen atoms in total. The van der Waals surface area contributed by atoms with E-state index in [4.69, 9.17) is 14.4 Å². The number of allylic oxidation sites excluding steroid dienone is 6. The number of hydrogen-bond acceptors (Lipinski definition) is 3. The lowest BCUT2D eigenvalue weighted by Crippen LogP contribution is -2.16. The molecule has 11 aromatic rings. The van der Waals surface area contributed by atoms with Gasteiger partial charge in [0.25, 0.3) is 0 Å². The van der Waals surface area contributed by atoms with Gasteiger partial charge in [0.05, 0.1) is 22.9 Å². The number of furan rings is 1. The Hall–Kier alpha value is -8.14. The number of rotatable bonds is 6. The second-order valence-electron chi connectivity index (χ2n) is 17.7. The molecule has 9 aromatic carbocycles. The van der Waals surface area contributed by atoms with Crippen LogP contribution in [0.5, 0.6) is 0 Å². The number of nitrogens with zero attached hydrogens (tertiary/aromatic N) is 2. The van der Waals surface area contributed by atoms with Crippen molar-refractivity contribution in [3.05, 3.63) is 224 Å². The van der Waals surface area contributed by atoms with Crippen molar-refractivity contribution in [1.29, 1.82) is 0 Å². The van der Waals surface area contributed by atoms with Crippen molar-refractivity contribution in [1.82, 2.24) is 9.97 Å². The number of aromatic nitrogens is 2. The summed E-state index contributed by atoms with van der Waals surface area (Å²) in [5, 5.41) is 9.23. The molecule has 316 valence electrons. The first-order valence-electron chi connectivity index (χ1n) is 22.7. The van der Waals surface area contributed by atoms with E-state index in [0.717, 1.165) is 82.8 Å². The molecular formula is C63H48N2O. The molecule has 0 saturated heterocycles. The maximum Gasteiger partial charge on any atom is 0.143 e. The summed E-state index contributed by atoms with van der Waals surface area (Å²) in [5.74, 6) is 0. The van der Waals surface area contributed by atoms with Crippen molar-refractivity contribution in [2.75, 3.05) is 0 Å². The van der Waals surface area contributed by atoms with Gasteiger partial charge in [0, 0.05) is 38.1 Å². The lowest BCUT2D eigenvalue weighted by molar-refractivity contribution is 0.654. The van der Waals surface area contributed by atoms with Crippen LogP contribution in [0.25, 0.3) is 116 Å². The summed E-state index contributed by atoms with van der Waals surface area (Å²) < 4.78 is 6.89. The first-order chi connectivity index (χ1) is 32.3. The third kappa shape index (κ3) is 6.50. The van der Waals surface area contributed by atoms with Crippen LogP contribution in [0.4, 0.5) is 0 Å². The fourth-order valence-corrected chi connectivity index (χ4v) is 10.3. The Balaban J connectivity index is 0.00000156. The molecule has 3 heteroatoms. The predicted octanol–water partition coefficient (Wildman–Crippen LogP) is 17.7. The van der Waals surface area contributed by atoms with Gasteiger partial charge in [-0.3, -0.25) is 4.98 Å². The molecule has 0 spiro atoms. The zero-order valence-corrected chi connectivity index (χ0v) is 37.7. The first-order valence-corrected chi connectivity index (χ1v) is 22.7. The summed E-state index contributed by atoms with van der Waals surface area (Å²) >= 11 is 0. The van der Waals surface area contributed by atoms with Gasteiger partial charge in [0.15, 0.2) is 0 Å². The van der Waals surface area contributed by atoms with Crippen LogP contribution in [0.15, 0.2) is 217 Å². The van der Waals surface area contributed by atoms with Crippen LogP contribution in [0.3, 0.4) is 0 Å². The Bertz CT molecular complexity index is 3820. The monoisotopic (exact) mass is 848 g/mol. The van der Waals surface area contributed by atoms with Crippen molar-refractivity contribution in [2.24, 2.45) is 0 Å². The summed E-state index contributed by atoms with van der Waals surface area (Å²) in [5.41, 5.74) is 17.0. The average Bonchev–Trinajstić information content (AvgIpc) is 3.85. The molecule has 1 aliphatic rings. The molecule has 0 unspecified atom stereocenters. The van der Waals surface area contributed by atoms with E-state index in [-0.39, 0.29) is 5.41 Å². The molecule has 0 saturated carbocycles. The first kappa shape index (κ1) is 40.6. The molecule has 0 fully saturated rings. The van der Waals surface area contributed by atoms with E-state index in [1.165, 1.54) is 49.4 Å². The molecular weight excluding hydrogens is 801 g/mol. The van der Waals surface area contributed by atoms with Crippen LogP contribution in [0.1, 0.15) is 38.8 Å². The fraction of sp³-hybridized carbons (Fsp3) is 0.0794. The molecule has 0 atom stereocenters. The highest BCUT2D eigenvalue weighted by Crippen LogP contribution is 2.49. The zero-order valence-electron chi connectivity index (χ0n) is 37.7. The maximum atomic E-state index is 6.89. The Morgan fingerprint density at radius 1 is 0.530 bits per heavy atom. The van der Waals surface area contributed by atoms with Crippen LogP contribution < -0.4 is 0 Å². The van der Waals surface area contributed by atoms with Crippen LogP contribution in [0.2, 0.25) is 0 Å². The summed E-state index contributed by atoms with van der Waals surface area (Å²) in [6.45, 7) is 16.2. The van der Waals surface area contributed by atoms with Crippen LogP contribution >= 0.6 is 0 Å². The lowest BCUT2D eigenvalue weighted by atomic mass is 9.80. The van der Waals surface area contributed by atoms with Gasteiger partial charge in [0.2, 0.25) is 0 Å². The summed E-state index contributed by atoms with van der Waals surface area (Å²) in [6.07, 6.45) is 10.1. The van der Waals surface area contributed by atoms with Gasteiger partial charge in [-0.05, 0) is 122 Å². The van der Waals surface area contributed by atoms with Gasteiger partial charge in [0.1, 0.15) is 11.2 Å². The second kappa shape index (κ2) is 16.1. The largest absolute Gasteiger partial charge is 0.455 e. The fourth-order valence-electron chi connectivity index (χ4n) is 10.3. The Morgan fingerprint density at radius 3 is 1.86 bits per heavy atom. The average molecular weight is 849 g/mol. The molecule has 2 aromatic heterocycles. The third-order valence-corrected chi connectivity index (χ3v) is 13.4. The molecule has 0 aliphatic heterocycles. The van der Waals surface area contributed by atoms with E-state index < -0.39 is 0 Å². The van der Waals surface area contributed by atoms with E-state index in [9.17, 15) is 0 Å². The zero-order chi connectivity index (χ0) is 45.1. The lowest BCUT2D eigenvalue weighted by Gasteiger charge is -2.23. The van der Waals surface area contributed by atoms with E-state index in [2.05, 4.69) is 210 Å². The molecule has 0 N–H and O–H groups in total. The van der Waals surface area contributed by atoms with Crippen LogP contribution in [0, 0.1) is 0 Å². The Morgan fingerprint density at radius 2 is 1.15 bits per heavy atom. The molecule has 12 rings (SSSR count). The molecule has 0 amide bonds. The van der Waals surface area contributed by atoms with Crippen molar-refractivity contribution in [3.63, 3.8) is 0 Å². The molecule has 0 radical (unpaired) electrons. The SMILES string of the molecule is C=CC.C=CC1=C(/C=C\C)C(C)(C)c2cc(-c3cc(-c4cccc(-c5cccc(-c6cnc7c8ccccc8c8ccccc8c7n6)c5)c4)c4oc5ccc6ccccc6c5c4c3)ccc21. The Kier molecular flexibility index (Phi) is 9.93. The van der Waals surface area contributed by atoms with E-state index in [1.807, 2.05) is 19.2 Å². The highest BCUT2D eigenvalue weighted by Gasteiger charge is 2.35. The number of hydrogen-bond donors (Lipinski definition) is 0. The predicted molar refractivity (Wildman–Crippen MR) is 282 cm³/mol. The van der Waals surface area contributed by atoms with Gasteiger partial charge >= 0.3 is 0 Å². The third-order valence-electron chi connectivity index (χ3n) is 13.4. The Labute approximate surface area is 385 Å². The van der Waals surface area contributed by atoms with Crippen molar-refractivity contribution in [3.8, 4) is 44.6 Å². The second-order valence-corrected chi connectivity index (χ2v) is 17.7. The van der Waals surface area contributed by atoms with Gasteiger partial charge in [-0.25, -0.2) is 4.98 Å². The van der Waals surface area contributed by atoms with Crippen molar-refractivity contribution in [2.45, 2.75) is 33.1 Å². The van der Waals surface area contributed by atoms with Gasteiger partial charge < -0.3 is 4.42 Å². The molecule has 2 heterocycles. The van der Waals surface area contributed by atoms with Crippen molar-refractivity contribution >= 4 is 70.9 Å². The smallest absolute Gasteiger partial charge is 0.143 e. The maximum absolute atomic E-state index is 6.89. The van der Waals surface area contributed by atoms with E-state index in [1.54, 1.807) is 6.08 Å². The number of benzene rings is 9. The summed E-state index contributed by atoms with van der Waals surface area (Å²) in [7, 11) is 0. The quantitative estimate of drug-likeness (QED) is 0.124. The van der Waals surface area contributed by atoms with Gasteiger partial charge in [-0.1, -0.05) is 172 Å². The molecule has 0 bridgehead atoms. The topological polar surface area (TPSA) is 38.9 Å². The van der Waals surface area contributed by atoms with Crippen molar-refractivity contribution < 1.29 is 4.42 Å². The van der Waals surface area contributed by atoms with E-state index in [0.29, 0.717) is 0 Å². The number of fused-ring (bicyclic) bond motifs is 12. The van der Waals surface area contributed by atoms with E-state index >= 15 is 0 Å². The summed E-state index contributed by atoms with van der Waals surface area (Å²) in [4.78, 5) is 10.4. The van der Waals surface area contributed by atoms with Gasteiger partial charge in [-0.15, -0.1) is 6.58 Å². The molecule has 66 heavy (non-hydrogen) atoms. The highest BCUT2D eigenvalue weighted by molar-refractivity contribution is 6.23. The normalized spacial score (nSPS) is 13.3. The van der Waals surface area contributed by atoms with Crippen LogP contribution in [-0.4, -0.2) is 9.97 Å². The minimum absolute atomic E-state index is 0.170. The van der Waals surface area contributed by atoms with Crippen LogP contribution in [-0.2, 0) is 5.41 Å². The summed E-state index contributed by atoms with van der Waals surface area (Å²) in [6, 6.07) is 59.0. The molecule has 1 aliphatic carbocycles. The van der Waals surface area contributed by atoms with Gasteiger partial charge in [-0.2, -0.15) is 0 Å². The minimum atomic E-state index is -0.170. The standard InChI is InChI=1S/C60H42N2O.C3H6/c1-5-15-52-43(6-2)47-28-26-39(34-53(47)60(52,3)4)42-32-50(59-51(33-42)56-44-21-8-7-16-36(44)27-29-55(56)63-59)40-19-13-17-37(30-40)38-18-14-20-41(31-38)54-35-61-57-48-24-11-9-22-45(48)46-23-10-12-25-49(46)58(57)62-54;1-3-2/h5-35H,2H2,1,3-4H3;3H,1H2,2H3/b15-5-;.